The fourth-order valence-corrected chi connectivity index (χ4v) is 2.82. The zero-order valence-electron chi connectivity index (χ0n) is 13.2. The van der Waals surface area contributed by atoms with Crippen molar-refractivity contribution in [2.75, 3.05) is 31.8 Å². The van der Waals surface area contributed by atoms with Crippen molar-refractivity contribution in [2.24, 2.45) is 7.05 Å². The quantitative estimate of drug-likeness (QED) is 0.831. The summed E-state index contributed by atoms with van der Waals surface area (Å²) >= 11 is 0. The molecule has 7 heteroatoms. The average Bonchev–Trinajstić information content (AvgIpc) is 2.92. The number of methoxy groups -OCH3 is 1. The third-order valence-electron chi connectivity index (χ3n) is 3.81. The van der Waals surface area contributed by atoms with Gasteiger partial charge in [-0.05, 0) is 6.92 Å². The number of hydrogen-bond donors (Lipinski definition) is 0. The molecule has 0 bridgehead atoms. The molecule has 2 aromatic rings. The molecule has 0 spiro atoms. The van der Waals surface area contributed by atoms with E-state index in [-0.39, 0.29) is 5.92 Å². The third kappa shape index (κ3) is 2.89. The fraction of sp³-hybridized carbons (Fsp3) is 0.533. The van der Waals surface area contributed by atoms with Crippen LogP contribution in [0.2, 0.25) is 0 Å². The second-order valence-corrected chi connectivity index (χ2v) is 5.37. The molecule has 0 aromatic carbocycles. The normalized spacial score (nSPS) is 17.4. The maximum Gasteiger partial charge on any atom is 0.218 e. The molecule has 118 valence electrons. The van der Waals surface area contributed by atoms with Gasteiger partial charge in [-0.3, -0.25) is 4.68 Å². The third-order valence-corrected chi connectivity index (χ3v) is 3.81. The van der Waals surface area contributed by atoms with Gasteiger partial charge in [0, 0.05) is 50.5 Å². The Hall–Kier alpha value is -2.15. The van der Waals surface area contributed by atoms with E-state index in [0.717, 1.165) is 24.6 Å². The van der Waals surface area contributed by atoms with Crippen LogP contribution in [0.15, 0.2) is 18.6 Å². The number of ether oxygens (including phenoxy) is 2. The number of hydrogen-bond acceptors (Lipinski definition) is 6. The van der Waals surface area contributed by atoms with E-state index in [4.69, 9.17) is 9.47 Å². The molecule has 0 aliphatic carbocycles. The van der Waals surface area contributed by atoms with Gasteiger partial charge in [0.2, 0.25) is 5.88 Å². The molecule has 0 saturated carbocycles. The van der Waals surface area contributed by atoms with Crippen molar-refractivity contribution in [1.29, 1.82) is 0 Å². The first-order chi connectivity index (χ1) is 10.7. The maximum atomic E-state index is 5.63. The molecule has 7 nitrogen and oxygen atoms in total. The number of anilines is 1. The molecule has 0 N–H and O–H groups in total. The van der Waals surface area contributed by atoms with Gasteiger partial charge in [0.15, 0.2) is 0 Å². The van der Waals surface area contributed by atoms with Gasteiger partial charge < -0.3 is 14.4 Å². The molecule has 0 unspecified atom stereocenters. The van der Waals surface area contributed by atoms with Crippen molar-refractivity contribution in [1.82, 2.24) is 19.7 Å². The van der Waals surface area contributed by atoms with Crippen LogP contribution >= 0.6 is 0 Å². The highest BCUT2D eigenvalue weighted by atomic mass is 16.5. The van der Waals surface area contributed by atoms with Crippen molar-refractivity contribution < 1.29 is 9.47 Å². The van der Waals surface area contributed by atoms with Gasteiger partial charge >= 0.3 is 0 Å². The highest BCUT2D eigenvalue weighted by Gasteiger charge is 2.29. The van der Waals surface area contributed by atoms with Gasteiger partial charge in [-0.1, -0.05) is 0 Å². The minimum atomic E-state index is 0.242. The van der Waals surface area contributed by atoms with Gasteiger partial charge in [-0.15, -0.1) is 0 Å². The van der Waals surface area contributed by atoms with Crippen molar-refractivity contribution in [3.8, 4) is 5.88 Å². The van der Waals surface area contributed by atoms with Crippen molar-refractivity contribution in [3.63, 3.8) is 0 Å². The largest absolute Gasteiger partial charge is 0.481 e. The Balaban J connectivity index is 1.88. The van der Waals surface area contributed by atoms with Crippen LogP contribution in [0.4, 0.5) is 5.82 Å². The van der Waals surface area contributed by atoms with Crippen molar-refractivity contribution in [2.45, 2.75) is 19.4 Å². The first kappa shape index (κ1) is 14.8. The van der Waals surface area contributed by atoms with E-state index >= 15 is 0 Å². The van der Waals surface area contributed by atoms with E-state index in [1.807, 2.05) is 24.7 Å². The van der Waals surface area contributed by atoms with Crippen LogP contribution in [0.1, 0.15) is 24.1 Å². The van der Waals surface area contributed by atoms with Crippen LogP contribution in [-0.4, -0.2) is 46.6 Å². The second-order valence-electron chi connectivity index (χ2n) is 5.37. The van der Waals surface area contributed by atoms with Crippen LogP contribution < -0.4 is 9.64 Å². The molecular formula is C15H21N5O2. The summed E-state index contributed by atoms with van der Waals surface area (Å²) in [5, 5.41) is 4.60. The number of nitrogens with zero attached hydrogens (tertiary/aromatic N) is 5. The summed E-state index contributed by atoms with van der Waals surface area (Å²) in [5.41, 5.74) is 2.35. The lowest BCUT2D eigenvalue weighted by Gasteiger charge is -2.32. The summed E-state index contributed by atoms with van der Waals surface area (Å²) in [4.78, 5) is 10.7. The zero-order chi connectivity index (χ0) is 15.5. The second kappa shape index (κ2) is 6.31. The Kier molecular flexibility index (Phi) is 4.24. The summed E-state index contributed by atoms with van der Waals surface area (Å²) < 4.78 is 12.7. The minimum Gasteiger partial charge on any atom is -0.481 e. The number of rotatable bonds is 5. The molecule has 1 aliphatic rings. The van der Waals surface area contributed by atoms with E-state index in [1.54, 1.807) is 7.11 Å². The Morgan fingerprint density at radius 1 is 1.36 bits per heavy atom. The topological polar surface area (TPSA) is 65.3 Å². The van der Waals surface area contributed by atoms with E-state index in [9.17, 15) is 0 Å². The van der Waals surface area contributed by atoms with Crippen LogP contribution in [0.25, 0.3) is 0 Å². The van der Waals surface area contributed by atoms with Crippen LogP contribution in [-0.2, 0) is 18.3 Å². The summed E-state index contributed by atoms with van der Waals surface area (Å²) in [7, 11) is 3.56. The van der Waals surface area contributed by atoms with E-state index in [1.165, 1.54) is 11.9 Å². The molecule has 3 rings (SSSR count). The Morgan fingerprint density at radius 3 is 3.00 bits per heavy atom. The first-order valence-corrected chi connectivity index (χ1v) is 7.42. The molecule has 1 aliphatic heterocycles. The highest BCUT2D eigenvalue weighted by Crippen LogP contribution is 2.30. The van der Waals surface area contributed by atoms with Gasteiger partial charge in [0.1, 0.15) is 12.1 Å². The predicted octanol–water partition coefficient (Wildman–Crippen LogP) is 1.36. The smallest absolute Gasteiger partial charge is 0.218 e. The van der Waals surface area contributed by atoms with Gasteiger partial charge in [-0.2, -0.15) is 5.10 Å². The maximum absolute atomic E-state index is 5.63. The first-order valence-electron chi connectivity index (χ1n) is 7.42. The van der Waals surface area contributed by atoms with Crippen molar-refractivity contribution >= 4 is 5.82 Å². The lowest BCUT2D eigenvalue weighted by molar-refractivity contribution is 0.130. The summed E-state index contributed by atoms with van der Waals surface area (Å²) in [6, 6.07) is 1.86. The fourth-order valence-electron chi connectivity index (χ4n) is 2.82. The molecule has 3 heterocycles. The standard InChI is InChI=1S/C15H21N5O2/c1-4-22-9-12-8-20(7-11-6-19(2)18-15(11)12)13-5-14(21-3)17-10-16-13/h5-6,10,12H,4,7-9H2,1-3H3/t12-/m1/s1. The van der Waals surface area contributed by atoms with Crippen LogP contribution in [0.3, 0.4) is 0 Å². The molecular weight excluding hydrogens is 282 g/mol. The lowest BCUT2D eigenvalue weighted by Crippen LogP contribution is -2.35. The molecule has 22 heavy (non-hydrogen) atoms. The van der Waals surface area contributed by atoms with E-state index in [0.29, 0.717) is 19.1 Å². The molecule has 0 saturated heterocycles. The van der Waals surface area contributed by atoms with Gasteiger partial charge in [0.25, 0.3) is 0 Å². The summed E-state index contributed by atoms with van der Waals surface area (Å²) in [6.45, 7) is 4.99. The highest BCUT2D eigenvalue weighted by molar-refractivity contribution is 5.45. The molecule has 2 aromatic heterocycles. The molecule has 0 fully saturated rings. The zero-order valence-corrected chi connectivity index (χ0v) is 13.2. The summed E-state index contributed by atoms with van der Waals surface area (Å²) in [6.07, 6.45) is 3.60. The SMILES string of the molecule is CCOC[C@H]1CN(c2cc(OC)ncn2)Cc2cn(C)nc21. The summed E-state index contributed by atoms with van der Waals surface area (Å²) in [5.74, 6) is 1.68. The lowest BCUT2D eigenvalue weighted by atomic mass is 9.97. The van der Waals surface area contributed by atoms with E-state index in [2.05, 4.69) is 26.2 Å². The van der Waals surface area contributed by atoms with Gasteiger partial charge in [0.05, 0.1) is 19.4 Å². The number of fused-ring (bicyclic) bond motifs is 1. The Labute approximate surface area is 129 Å². The Morgan fingerprint density at radius 2 is 2.23 bits per heavy atom. The van der Waals surface area contributed by atoms with Gasteiger partial charge in [-0.25, -0.2) is 9.97 Å². The number of aryl methyl sites for hydroxylation is 1. The number of aromatic nitrogens is 4. The molecule has 1 atom stereocenters. The minimum absolute atomic E-state index is 0.242. The molecule has 0 amide bonds. The average molecular weight is 303 g/mol. The monoisotopic (exact) mass is 303 g/mol. The van der Waals surface area contributed by atoms with Crippen molar-refractivity contribution in [3.05, 3.63) is 29.8 Å². The Bertz CT molecular complexity index is 643. The molecule has 0 radical (unpaired) electrons. The van der Waals surface area contributed by atoms with E-state index < -0.39 is 0 Å². The van der Waals surface area contributed by atoms with Crippen LogP contribution in [0, 0.1) is 0 Å². The van der Waals surface area contributed by atoms with Crippen LogP contribution in [0.5, 0.6) is 5.88 Å². The predicted molar refractivity (Wildman–Crippen MR) is 82.1 cm³/mol.